The van der Waals surface area contributed by atoms with Gasteiger partial charge in [-0.25, -0.2) is 0 Å². The number of aromatic nitrogens is 3. The van der Waals surface area contributed by atoms with Crippen molar-refractivity contribution in [3.63, 3.8) is 0 Å². The van der Waals surface area contributed by atoms with Crippen molar-refractivity contribution in [3.05, 3.63) is 35.9 Å². The molecule has 1 heterocycles. The molecule has 6 heteroatoms. The van der Waals surface area contributed by atoms with Crippen molar-refractivity contribution >= 4 is 0 Å². The van der Waals surface area contributed by atoms with E-state index in [1.807, 2.05) is 18.5 Å². The second kappa shape index (κ2) is 5.05. The minimum Gasteiger partial charge on any atom is -0.508 e. The summed E-state index contributed by atoms with van der Waals surface area (Å²) in [4.78, 5) is 0. The zero-order valence-corrected chi connectivity index (χ0v) is 10.3. The van der Waals surface area contributed by atoms with Gasteiger partial charge in [0.05, 0.1) is 6.54 Å². The lowest BCUT2D eigenvalue weighted by atomic mass is 10.1. The zero-order valence-electron chi connectivity index (χ0n) is 10.3. The maximum absolute atomic E-state index is 9.42. The van der Waals surface area contributed by atoms with Crippen LogP contribution < -0.4 is 5.32 Å². The zero-order chi connectivity index (χ0) is 13.1. The van der Waals surface area contributed by atoms with Gasteiger partial charge in [-0.15, -0.1) is 10.2 Å². The highest BCUT2D eigenvalue weighted by Gasteiger charge is 2.09. The fourth-order valence-corrected chi connectivity index (χ4v) is 1.70. The predicted molar refractivity (Wildman–Crippen MR) is 66.0 cm³/mol. The summed E-state index contributed by atoms with van der Waals surface area (Å²) in [6.45, 7) is 2.51. The average Bonchev–Trinajstić information content (AvgIpc) is 2.70. The first-order chi connectivity index (χ1) is 8.56. The van der Waals surface area contributed by atoms with E-state index in [4.69, 9.17) is 0 Å². The number of aromatic hydroxyl groups is 2. The van der Waals surface area contributed by atoms with Gasteiger partial charge in [0, 0.05) is 19.2 Å². The van der Waals surface area contributed by atoms with Crippen LogP contribution in [0.3, 0.4) is 0 Å². The first-order valence-corrected chi connectivity index (χ1v) is 5.65. The minimum absolute atomic E-state index is 0.0142. The lowest BCUT2D eigenvalue weighted by Crippen LogP contribution is -2.20. The van der Waals surface area contributed by atoms with E-state index in [-0.39, 0.29) is 17.5 Å². The number of rotatable bonds is 4. The molecule has 0 saturated carbocycles. The van der Waals surface area contributed by atoms with Crippen LogP contribution in [-0.2, 0) is 13.6 Å². The molecule has 2 aromatic rings. The lowest BCUT2D eigenvalue weighted by Gasteiger charge is -2.14. The Kier molecular flexibility index (Phi) is 3.47. The number of hydrogen-bond donors (Lipinski definition) is 3. The normalized spacial score (nSPS) is 12.6. The van der Waals surface area contributed by atoms with Crippen LogP contribution in [0.4, 0.5) is 0 Å². The van der Waals surface area contributed by atoms with Crippen molar-refractivity contribution in [2.75, 3.05) is 0 Å². The van der Waals surface area contributed by atoms with Crippen molar-refractivity contribution < 1.29 is 10.2 Å². The monoisotopic (exact) mass is 248 g/mol. The third-order valence-electron chi connectivity index (χ3n) is 2.80. The van der Waals surface area contributed by atoms with Gasteiger partial charge in [0.1, 0.15) is 23.7 Å². The number of aryl methyl sites for hydroxylation is 1. The van der Waals surface area contributed by atoms with Crippen molar-refractivity contribution in [2.45, 2.75) is 19.5 Å². The quantitative estimate of drug-likeness (QED) is 0.754. The van der Waals surface area contributed by atoms with Crippen LogP contribution in [0.2, 0.25) is 0 Å². The molecule has 0 aliphatic rings. The number of phenolic OH excluding ortho intramolecular Hbond substituents is 2. The Bertz CT molecular complexity index is 518. The van der Waals surface area contributed by atoms with Crippen LogP contribution in [0.25, 0.3) is 0 Å². The molecule has 0 fully saturated rings. The molecular formula is C12H16N4O2. The van der Waals surface area contributed by atoms with Gasteiger partial charge in [-0.2, -0.15) is 0 Å². The van der Waals surface area contributed by atoms with Crippen molar-refractivity contribution in [2.24, 2.45) is 7.05 Å². The Morgan fingerprint density at radius 3 is 2.50 bits per heavy atom. The van der Waals surface area contributed by atoms with Gasteiger partial charge in [-0.3, -0.25) is 0 Å². The molecule has 0 spiro atoms. The van der Waals surface area contributed by atoms with Gasteiger partial charge >= 0.3 is 0 Å². The predicted octanol–water partition coefficient (Wildman–Crippen LogP) is 1.08. The molecule has 1 aromatic carbocycles. The van der Waals surface area contributed by atoms with Gasteiger partial charge < -0.3 is 20.1 Å². The van der Waals surface area contributed by atoms with Crippen molar-refractivity contribution in [3.8, 4) is 11.5 Å². The summed E-state index contributed by atoms with van der Waals surface area (Å²) in [5.41, 5.74) is 0.815. The van der Waals surface area contributed by atoms with E-state index in [1.54, 1.807) is 18.5 Å². The Morgan fingerprint density at radius 1 is 1.28 bits per heavy atom. The Morgan fingerprint density at radius 2 is 1.94 bits per heavy atom. The van der Waals surface area contributed by atoms with E-state index < -0.39 is 0 Å². The SMILES string of the molecule is CC(NCc1nncn1C)c1cc(O)cc(O)c1. The van der Waals surface area contributed by atoms with Gasteiger partial charge in [0.25, 0.3) is 0 Å². The second-order valence-electron chi connectivity index (χ2n) is 4.24. The van der Waals surface area contributed by atoms with E-state index in [1.165, 1.54) is 6.07 Å². The first-order valence-electron chi connectivity index (χ1n) is 5.65. The number of hydrogen-bond acceptors (Lipinski definition) is 5. The summed E-state index contributed by atoms with van der Waals surface area (Å²) in [7, 11) is 1.88. The minimum atomic E-state index is -0.0142. The van der Waals surface area contributed by atoms with Crippen molar-refractivity contribution in [1.29, 1.82) is 0 Å². The third kappa shape index (κ3) is 2.78. The van der Waals surface area contributed by atoms with Crippen LogP contribution in [0.5, 0.6) is 11.5 Å². The first kappa shape index (κ1) is 12.4. The molecule has 18 heavy (non-hydrogen) atoms. The fourth-order valence-electron chi connectivity index (χ4n) is 1.70. The molecule has 1 unspecified atom stereocenters. The molecule has 3 N–H and O–H groups in total. The summed E-state index contributed by atoms with van der Waals surface area (Å²) in [5, 5.41) is 29.9. The second-order valence-corrected chi connectivity index (χ2v) is 4.24. The molecule has 0 bridgehead atoms. The molecule has 2 rings (SSSR count). The standard InChI is InChI=1S/C12H16N4O2/c1-8(9-3-10(17)5-11(18)4-9)13-6-12-15-14-7-16(12)2/h3-5,7-8,13,17-18H,6H2,1-2H3. The molecule has 0 radical (unpaired) electrons. The summed E-state index contributed by atoms with van der Waals surface area (Å²) >= 11 is 0. The topological polar surface area (TPSA) is 83.2 Å². The van der Waals surface area contributed by atoms with Gasteiger partial charge in [0.2, 0.25) is 0 Å². The summed E-state index contributed by atoms with van der Waals surface area (Å²) in [6.07, 6.45) is 1.64. The van der Waals surface area contributed by atoms with Gasteiger partial charge in [-0.05, 0) is 24.6 Å². The number of nitrogens with zero attached hydrogens (tertiary/aromatic N) is 3. The van der Waals surface area contributed by atoms with Crippen LogP contribution in [0.1, 0.15) is 24.4 Å². The molecule has 0 aliphatic heterocycles. The highest BCUT2D eigenvalue weighted by molar-refractivity contribution is 5.37. The van der Waals surface area contributed by atoms with Gasteiger partial charge in [0.15, 0.2) is 0 Å². The number of benzene rings is 1. The summed E-state index contributed by atoms with van der Waals surface area (Å²) < 4.78 is 1.83. The Labute approximate surface area is 105 Å². The maximum Gasteiger partial charge on any atom is 0.146 e. The van der Waals surface area contributed by atoms with Crippen LogP contribution >= 0.6 is 0 Å². The molecular weight excluding hydrogens is 232 g/mol. The number of nitrogens with one attached hydrogen (secondary N) is 1. The summed E-state index contributed by atoms with van der Waals surface area (Å²) in [5.74, 6) is 0.931. The fraction of sp³-hybridized carbons (Fsp3) is 0.333. The van der Waals surface area contributed by atoms with Crippen molar-refractivity contribution in [1.82, 2.24) is 20.1 Å². The average molecular weight is 248 g/mol. The molecule has 1 aromatic heterocycles. The maximum atomic E-state index is 9.42. The van der Waals surface area contributed by atoms with Gasteiger partial charge in [-0.1, -0.05) is 0 Å². The molecule has 0 saturated heterocycles. The molecule has 1 atom stereocenters. The molecule has 6 nitrogen and oxygen atoms in total. The Hall–Kier alpha value is -2.08. The number of phenols is 2. The van der Waals surface area contributed by atoms with E-state index in [0.29, 0.717) is 6.54 Å². The van der Waals surface area contributed by atoms with Crippen LogP contribution in [0.15, 0.2) is 24.5 Å². The van der Waals surface area contributed by atoms with E-state index in [9.17, 15) is 10.2 Å². The highest BCUT2D eigenvalue weighted by atomic mass is 16.3. The van der Waals surface area contributed by atoms with E-state index in [2.05, 4.69) is 15.5 Å². The van der Waals surface area contributed by atoms with E-state index >= 15 is 0 Å². The Balaban J connectivity index is 2.03. The largest absolute Gasteiger partial charge is 0.508 e. The van der Waals surface area contributed by atoms with E-state index in [0.717, 1.165) is 11.4 Å². The highest BCUT2D eigenvalue weighted by Crippen LogP contribution is 2.24. The third-order valence-corrected chi connectivity index (χ3v) is 2.80. The molecule has 0 amide bonds. The molecule has 0 aliphatic carbocycles. The smallest absolute Gasteiger partial charge is 0.146 e. The van der Waals surface area contributed by atoms with Crippen LogP contribution in [0, 0.1) is 0 Å². The molecule has 96 valence electrons. The van der Waals surface area contributed by atoms with Crippen LogP contribution in [-0.4, -0.2) is 25.0 Å². The summed E-state index contributed by atoms with van der Waals surface area (Å²) in [6, 6.07) is 4.53. The lowest BCUT2D eigenvalue weighted by molar-refractivity contribution is 0.445.